The number of hydrogen-bond donors (Lipinski definition) is 1. The van der Waals surface area contributed by atoms with Gasteiger partial charge < -0.3 is 5.73 Å². The molecule has 126 valence electrons. The van der Waals surface area contributed by atoms with Crippen molar-refractivity contribution in [2.45, 2.75) is 43.9 Å². The first-order valence-electron chi connectivity index (χ1n) is 7.19. The first kappa shape index (κ1) is 19.2. The van der Waals surface area contributed by atoms with E-state index in [1.165, 1.54) is 0 Å². The van der Waals surface area contributed by atoms with Gasteiger partial charge in [-0.3, -0.25) is 0 Å². The van der Waals surface area contributed by atoms with Crippen molar-refractivity contribution in [1.82, 2.24) is 4.31 Å². The van der Waals surface area contributed by atoms with Crippen molar-refractivity contribution in [1.29, 1.82) is 0 Å². The van der Waals surface area contributed by atoms with E-state index >= 15 is 0 Å². The molecule has 0 spiro atoms. The van der Waals surface area contributed by atoms with E-state index in [0.717, 1.165) is 12.8 Å². The van der Waals surface area contributed by atoms with Crippen LogP contribution in [-0.2, 0) is 19.9 Å². The van der Waals surface area contributed by atoms with Gasteiger partial charge in [-0.05, 0) is 31.6 Å². The van der Waals surface area contributed by atoms with Crippen molar-refractivity contribution in [3.8, 4) is 0 Å². The zero-order chi connectivity index (χ0) is 15.0. The van der Waals surface area contributed by atoms with Gasteiger partial charge in [0.15, 0.2) is 0 Å². The molecule has 21 heavy (non-hydrogen) atoms. The first-order valence-corrected chi connectivity index (χ1v) is 10.5. The maximum absolute atomic E-state index is 12.7. The van der Waals surface area contributed by atoms with Gasteiger partial charge in [0.2, 0.25) is 10.0 Å². The Morgan fingerprint density at radius 2 is 1.76 bits per heavy atom. The molecule has 0 aromatic carbocycles. The Morgan fingerprint density at radius 3 is 2.29 bits per heavy atom. The Kier molecular flexibility index (Phi) is 6.50. The Balaban J connectivity index is 0.00000220. The predicted molar refractivity (Wildman–Crippen MR) is 85.8 cm³/mol. The number of sulfonamides is 1. The molecule has 2 rings (SSSR count). The fourth-order valence-electron chi connectivity index (χ4n) is 3.23. The summed E-state index contributed by atoms with van der Waals surface area (Å²) in [6.07, 6.45) is 2.27. The molecule has 0 aromatic rings. The van der Waals surface area contributed by atoms with Crippen LogP contribution in [0.15, 0.2) is 0 Å². The third-order valence-corrected chi connectivity index (χ3v) is 8.69. The van der Waals surface area contributed by atoms with Crippen LogP contribution in [0.5, 0.6) is 0 Å². The maximum atomic E-state index is 12.7. The molecule has 2 N–H and O–H groups in total. The van der Waals surface area contributed by atoms with Gasteiger partial charge in [-0.25, -0.2) is 16.8 Å². The molecule has 2 fully saturated rings. The SMILES string of the molecule is CC1CCCN(S(=O)(=O)C2CCS(=O)(=O)CC2)C1CN.Cl. The number of sulfone groups is 1. The second-order valence-corrected chi connectivity index (χ2v) is 10.4. The van der Waals surface area contributed by atoms with Crippen LogP contribution in [0.4, 0.5) is 0 Å². The predicted octanol–water partition coefficient (Wildman–Crippen LogP) is 0.374. The normalized spacial score (nSPS) is 31.5. The van der Waals surface area contributed by atoms with Crippen LogP contribution in [0.3, 0.4) is 0 Å². The highest BCUT2D eigenvalue weighted by atomic mass is 35.5. The minimum absolute atomic E-state index is 0. The van der Waals surface area contributed by atoms with E-state index in [-0.39, 0.29) is 48.7 Å². The highest BCUT2D eigenvalue weighted by molar-refractivity contribution is 7.92. The molecule has 2 unspecified atom stereocenters. The summed E-state index contributed by atoms with van der Waals surface area (Å²) in [4.78, 5) is 0. The molecule has 2 aliphatic heterocycles. The summed E-state index contributed by atoms with van der Waals surface area (Å²) >= 11 is 0. The Labute approximate surface area is 133 Å². The monoisotopic (exact) mass is 360 g/mol. The molecule has 0 aromatic heterocycles. The molecule has 9 heteroatoms. The first-order chi connectivity index (χ1) is 9.28. The standard InChI is InChI=1S/C12H24N2O4S2.ClH/c1-10-3-2-6-14(12(10)9-13)20(17,18)11-4-7-19(15,16)8-5-11;/h10-12H,2-9,13H2,1H3;1H. The average molecular weight is 361 g/mol. The van der Waals surface area contributed by atoms with E-state index in [2.05, 4.69) is 0 Å². The van der Waals surface area contributed by atoms with Crippen LogP contribution in [0.1, 0.15) is 32.6 Å². The van der Waals surface area contributed by atoms with Crippen molar-refractivity contribution < 1.29 is 16.8 Å². The van der Waals surface area contributed by atoms with Crippen molar-refractivity contribution >= 4 is 32.3 Å². The van der Waals surface area contributed by atoms with Crippen LogP contribution in [0, 0.1) is 5.92 Å². The summed E-state index contributed by atoms with van der Waals surface area (Å²) < 4.78 is 49.9. The molecule has 0 bridgehead atoms. The van der Waals surface area contributed by atoms with Crippen LogP contribution in [-0.4, -0.2) is 57.0 Å². The second-order valence-electron chi connectivity index (χ2n) is 5.93. The minimum Gasteiger partial charge on any atom is -0.329 e. The van der Waals surface area contributed by atoms with Crippen molar-refractivity contribution in [3.63, 3.8) is 0 Å². The third kappa shape index (κ3) is 4.10. The zero-order valence-electron chi connectivity index (χ0n) is 12.3. The number of halogens is 1. The topological polar surface area (TPSA) is 97.5 Å². The van der Waals surface area contributed by atoms with Gasteiger partial charge in [-0.1, -0.05) is 6.92 Å². The lowest BCUT2D eigenvalue weighted by Crippen LogP contribution is -2.54. The molecule has 2 aliphatic rings. The van der Waals surface area contributed by atoms with Gasteiger partial charge in [0.1, 0.15) is 9.84 Å². The second kappa shape index (κ2) is 7.12. The van der Waals surface area contributed by atoms with Crippen molar-refractivity contribution in [3.05, 3.63) is 0 Å². The van der Waals surface area contributed by atoms with Gasteiger partial charge in [0, 0.05) is 19.1 Å². The van der Waals surface area contributed by atoms with Gasteiger partial charge in [0.25, 0.3) is 0 Å². The molecular formula is C12H25ClN2O4S2. The largest absolute Gasteiger partial charge is 0.329 e. The summed E-state index contributed by atoms with van der Waals surface area (Å²) in [6.45, 7) is 2.87. The van der Waals surface area contributed by atoms with Crippen molar-refractivity contribution in [2.75, 3.05) is 24.6 Å². The average Bonchev–Trinajstić information content (AvgIpc) is 2.38. The lowest BCUT2D eigenvalue weighted by atomic mass is 9.93. The van der Waals surface area contributed by atoms with Crippen LogP contribution in [0.25, 0.3) is 0 Å². The Hall–Kier alpha value is 0.110. The van der Waals surface area contributed by atoms with E-state index < -0.39 is 25.1 Å². The minimum atomic E-state index is -3.44. The molecule has 0 saturated carbocycles. The molecule has 2 atom stereocenters. The fourth-order valence-corrected chi connectivity index (χ4v) is 7.29. The van der Waals surface area contributed by atoms with Gasteiger partial charge in [-0.15, -0.1) is 12.4 Å². The molecular weight excluding hydrogens is 336 g/mol. The fraction of sp³-hybridized carbons (Fsp3) is 1.00. The van der Waals surface area contributed by atoms with Crippen LogP contribution >= 0.6 is 12.4 Å². The van der Waals surface area contributed by atoms with Gasteiger partial charge in [-0.2, -0.15) is 4.31 Å². The maximum Gasteiger partial charge on any atom is 0.217 e. The summed E-state index contributed by atoms with van der Waals surface area (Å²) in [7, 11) is -6.48. The molecule has 0 radical (unpaired) electrons. The van der Waals surface area contributed by atoms with Crippen LogP contribution < -0.4 is 5.73 Å². The number of nitrogens with two attached hydrogens (primary N) is 1. The van der Waals surface area contributed by atoms with E-state index in [1.807, 2.05) is 6.92 Å². The summed E-state index contributed by atoms with van der Waals surface area (Å²) in [5.41, 5.74) is 5.75. The zero-order valence-corrected chi connectivity index (χ0v) is 14.7. The lowest BCUT2D eigenvalue weighted by Gasteiger charge is -2.40. The molecule has 2 saturated heterocycles. The third-order valence-electron chi connectivity index (χ3n) is 4.56. The summed E-state index contributed by atoms with van der Waals surface area (Å²) in [5.74, 6) is 0.220. The number of piperidine rings is 1. The Morgan fingerprint density at radius 1 is 1.19 bits per heavy atom. The lowest BCUT2D eigenvalue weighted by molar-refractivity contribution is 0.190. The number of hydrogen-bond acceptors (Lipinski definition) is 5. The van der Waals surface area contributed by atoms with Crippen molar-refractivity contribution in [2.24, 2.45) is 11.7 Å². The number of rotatable bonds is 3. The van der Waals surface area contributed by atoms with E-state index in [0.29, 0.717) is 13.1 Å². The summed E-state index contributed by atoms with van der Waals surface area (Å²) in [6, 6.07) is -0.146. The van der Waals surface area contributed by atoms with Gasteiger partial charge >= 0.3 is 0 Å². The highest BCUT2D eigenvalue weighted by Crippen LogP contribution is 2.30. The van der Waals surface area contributed by atoms with E-state index in [4.69, 9.17) is 5.73 Å². The Bertz CT molecular complexity index is 536. The number of nitrogens with zero attached hydrogens (tertiary/aromatic N) is 1. The van der Waals surface area contributed by atoms with E-state index in [9.17, 15) is 16.8 Å². The molecule has 6 nitrogen and oxygen atoms in total. The van der Waals surface area contributed by atoms with E-state index in [1.54, 1.807) is 4.31 Å². The van der Waals surface area contributed by atoms with Gasteiger partial charge in [0.05, 0.1) is 16.8 Å². The molecule has 0 aliphatic carbocycles. The molecule has 2 heterocycles. The highest BCUT2D eigenvalue weighted by Gasteiger charge is 2.41. The molecule has 0 amide bonds. The summed E-state index contributed by atoms with van der Waals surface area (Å²) in [5, 5.41) is -0.564. The quantitative estimate of drug-likeness (QED) is 0.784. The van der Waals surface area contributed by atoms with Crippen LogP contribution in [0.2, 0.25) is 0 Å². The smallest absolute Gasteiger partial charge is 0.217 e.